The van der Waals surface area contributed by atoms with Gasteiger partial charge in [-0.1, -0.05) is 11.6 Å². The molecule has 1 aromatic carbocycles. The van der Waals surface area contributed by atoms with Gasteiger partial charge in [-0.25, -0.2) is 24.3 Å². The maximum Gasteiger partial charge on any atom is 0.182 e. The molecule has 4 heterocycles. The van der Waals surface area contributed by atoms with Gasteiger partial charge in [-0.2, -0.15) is 5.10 Å². The summed E-state index contributed by atoms with van der Waals surface area (Å²) in [5.41, 5.74) is 4.11. The number of aryl methyl sites for hydroxylation is 2. The number of ether oxygens (including phenoxy) is 1. The molecule has 0 unspecified atom stereocenters. The van der Waals surface area contributed by atoms with Crippen LogP contribution in [-0.2, 0) is 4.74 Å². The van der Waals surface area contributed by atoms with Crippen LogP contribution in [0, 0.1) is 19.7 Å². The second-order valence-electron chi connectivity index (χ2n) is 8.99. The van der Waals surface area contributed by atoms with E-state index in [1.807, 2.05) is 20.0 Å². The van der Waals surface area contributed by atoms with Crippen molar-refractivity contribution in [3.63, 3.8) is 0 Å². The van der Waals surface area contributed by atoms with Crippen molar-refractivity contribution in [2.75, 3.05) is 6.61 Å². The van der Waals surface area contributed by atoms with E-state index in [0.717, 1.165) is 36.2 Å². The van der Waals surface area contributed by atoms with Gasteiger partial charge in [-0.05, 0) is 57.7 Å². The van der Waals surface area contributed by atoms with Gasteiger partial charge in [0.2, 0.25) is 0 Å². The second-order valence-corrected chi connectivity index (χ2v) is 9.42. The Morgan fingerprint density at radius 2 is 1.94 bits per heavy atom. The summed E-state index contributed by atoms with van der Waals surface area (Å²) in [5, 5.41) is 4.72. The van der Waals surface area contributed by atoms with Crippen molar-refractivity contribution in [1.82, 2.24) is 29.7 Å². The molecule has 1 saturated carbocycles. The minimum atomic E-state index is -0.611. The molecule has 9 heteroatoms. The van der Waals surface area contributed by atoms with E-state index in [4.69, 9.17) is 27.7 Å². The van der Waals surface area contributed by atoms with Crippen molar-refractivity contribution in [2.45, 2.75) is 57.6 Å². The molecule has 2 fully saturated rings. The number of hydrogen-bond acceptors (Lipinski definition) is 6. The Morgan fingerprint density at radius 1 is 1.12 bits per heavy atom. The Labute approximate surface area is 202 Å². The molecule has 174 valence electrons. The van der Waals surface area contributed by atoms with Crippen molar-refractivity contribution < 1.29 is 10.5 Å². The van der Waals surface area contributed by atoms with Crippen LogP contribution in [0.1, 0.15) is 67.9 Å². The molecular formula is C25H24ClFN6O. The zero-order valence-electron chi connectivity index (χ0n) is 19.9. The number of halogens is 2. The lowest BCUT2D eigenvalue weighted by Gasteiger charge is -2.28. The Hall–Kier alpha value is -2.97. The number of hydrogen-bond donors (Lipinski definition) is 0. The third-order valence-electron chi connectivity index (χ3n) is 6.57. The van der Waals surface area contributed by atoms with Crippen molar-refractivity contribution in [2.24, 2.45) is 0 Å². The lowest BCUT2D eigenvalue weighted by molar-refractivity contribution is 0.00396. The van der Waals surface area contributed by atoms with Gasteiger partial charge in [0.25, 0.3) is 0 Å². The second kappa shape index (κ2) is 8.36. The highest BCUT2D eigenvalue weighted by Gasteiger charge is 2.31. The Morgan fingerprint density at radius 3 is 2.74 bits per heavy atom. The van der Waals surface area contributed by atoms with Crippen LogP contribution < -0.4 is 0 Å². The average Bonchev–Trinajstić information content (AvgIpc) is 3.38. The SMILES string of the molecule is [2H]C1(n2cc([C@@H]3C[C@@H](c4nc(-c5ccc(Cl)cc5F)c5nc(C)c(C)nc5n4)CCO3)cn2)CC1. The molecule has 6 rings (SSSR count). The normalized spacial score (nSPS) is 22.1. The van der Waals surface area contributed by atoms with Crippen LogP contribution >= 0.6 is 11.6 Å². The van der Waals surface area contributed by atoms with Crippen LogP contribution in [0.3, 0.4) is 0 Å². The van der Waals surface area contributed by atoms with Crippen LogP contribution in [-0.4, -0.2) is 36.3 Å². The average molecular weight is 480 g/mol. The highest BCUT2D eigenvalue weighted by Crippen LogP contribution is 2.40. The molecule has 2 aliphatic rings. The maximum absolute atomic E-state index is 15.0. The van der Waals surface area contributed by atoms with E-state index in [1.54, 1.807) is 23.0 Å². The molecule has 0 amide bonds. The van der Waals surface area contributed by atoms with Gasteiger partial charge in [0.1, 0.15) is 22.9 Å². The lowest BCUT2D eigenvalue weighted by Crippen LogP contribution is -2.20. The molecular weight excluding hydrogens is 455 g/mol. The summed E-state index contributed by atoms with van der Waals surface area (Å²) in [4.78, 5) is 18.9. The van der Waals surface area contributed by atoms with Gasteiger partial charge in [-0.15, -0.1) is 0 Å². The highest BCUT2D eigenvalue weighted by atomic mass is 35.5. The molecule has 0 N–H and O–H groups in total. The highest BCUT2D eigenvalue weighted by molar-refractivity contribution is 6.30. The molecule has 0 spiro atoms. The summed E-state index contributed by atoms with van der Waals surface area (Å²) in [5.74, 6) is 0.120. The topological polar surface area (TPSA) is 78.6 Å². The fourth-order valence-electron chi connectivity index (χ4n) is 4.41. The Bertz CT molecular complexity index is 1460. The van der Waals surface area contributed by atoms with Gasteiger partial charge in [0.05, 0.1) is 31.1 Å². The molecule has 7 nitrogen and oxygen atoms in total. The number of rotatable bonds is 4. The molecule has 34 heavy (non-hydrogen) atoms. The lowest BCUT2D eigenvalue weighted by atomic mass is 9.92. The van der Waals surface area contributed by atoms with Crippen LogP contribution in [0.5, 0.6) is 0 Å². The summed E-state index contributed by atoms with van der Waals surface area (Å²) in [6, 6.07) is 3.93. The first-order chi connectivity index (χ1) is 16.8. The first kappa shape index (κ1) is 20.4. The third-order valence-corrected chi connectivity index (χ3v) is 6.80. The Kier molecular flexibility index (Phi) is 5.02. The van der Waals surface area contributed by atoms with E-state index >= 15 is 0 Å². The van der Waals surface area contributed by atoms with Gasteiger partial charge in [-0.3, -0.25) is 4.68 Å². The fraction of sp³-hybridized carbons (Fsp3) is 0.400. The van der Waals surface area contributed by atoms with Crippen molar-refractivity contribution in [1.29, 1.82) is 0 Å². The molecule has 0 radical (unpaired) electrons. The Balaban J connectivity index is 1.40. The fourth-order valence-corrected chi connectivity index (χ4v) is 4.56. The van der Waals surface area contributed by atoms with E-state index < -0.39 is 11.8 Å². The molecule has 1 aliphatic carbocycles. The maximum atomic E-state index is 15.0. The van der Waals surface area contributed by atoms with Crippen molar-refractivity contribution in [3.05, 3.63) is 64.2 Å². The zero-order valence-corrected chi connectivity index (χ0v) is 19.7. The van der Waals surface area contributed by atoms with Gasteiger partial charge >= 0.3 is 0 Å². The molecule has 3 aromatic heterocycles. The van der Waals surface area contributed by atoms with Crippen LogP contribution in [0.4, 0.5) is 4.39 Å². The predicted molar refractivity (Wildman–Crippen MR) is 126 cm³/mol. The molecule has 1 saturated heterocycles. The summed E-state index contributed by atoms with van der Waals surface area (Å²) in [7, 11) is 0. The standard InChI is InChI=1S/C25H24ClFN6O/c1-13-14(2)30-25-23(29-13)22(19-6-3-17(26)10-20(19)27)31-24(32-25)15-7-8-34-21(9-15)16-11-28-33(12-16)18-4-5-18/h3,6,10-12,15,18,21H,4-5,7-9H2,1-2H3/t15-,21-/m0/s1/i18D. The summed E-state index contributed by atoms with van der Waals surface area (Å²) >= 11 is 6.00. The smallest absolute Gasteiger partial charge is 0.182 e. The van der Waals surface area contributed by atoms with Crippen molar-refractivity contribution >= 4 is 22.8 Å². The molecule has 0 bridgehead atoms. The largest absolute Gasteiger partial charge is 0.373 e. The minimum Gasteiger partial charge on any atom is -0.373 e. The van der Waals surface area contributed by atoms with E-state index in [9.17, 15) is 4.39 Å². The van der Waals surface area contributed by atoms with Crippen LogP contribution in [0.25, 0.3) is 22.4 Å². The minimum absolute atomic E-state index is 0.00935. The van der Waals surface area contributed by atoms with Crippen LogP contribution in [0.15, 0.2) is 30.6 Å². The van der Waals surface area contributed by atoms with E-state index in [1.165, 1.54) is 6.07 Å². The number of fused-ring (bicyclic) bond motifs is 1. The van der Waals surface area contributed by atoms with Gasteiger partial charge in [0, 0.05) is 34.9 Å². The number of aromatic nitrogens is 6. The summed E-state index contributed by atoms with van der Waals surface area (Å²) < 4.78 is 31.1. The molecule has 1 aliphatic heterocycles. The number of benzene rings is 1. The zero-order chi connectivity index (χ0) is 24.3. The quantitative estimate of drug-likeness (QED) is 0.375. The van der Waals surface area contributed by atoms with Crippen LogP contribution in [0.2, 0.25) is 5.02 Å². The van der Waals surface area contributed by atoms with Gasteiger partial charge in [0.15, 0.2) is 5.65 Å². The first-order valence-corrected chi connectivity index (χ1v) is 11.8. The van der Waals surface area contributed by atoms with Crippen molar-refractivity contribution in [3.8, 4) is 11.3 Å². The summed E-state index contributed by atoms with van der Waals surface area (Å²) in [6.45, 7) is 4.29. The van der Waals surface area contributed by atoms with E-state index in [-0.39, 0.29) is 12.0 Å². The monoisotopic (exact) mass is 479 g/mol. The molecule has 2 atom stereocenters. The molecule has 4 aromatic rings. The summed E-state index contributed by atoms with van der Waals surface area (Å²) in [6.07, 6.45) is 6.55. The predicted octanol–water partition coefficient (Wildman–Crippen LogP) is 5.66. The third kappa shape index (κ3) is 3.95. The van der Waals surface area contributed by atoms with E-state index in [2.05, 4.69) is 15.1 Å². The number of nitrogens with zero attached hydrogens (tertiary/aromatic N) is 6. The first-order valence-electron chi connectivity index (χ1n) is 12.0. The van der Waals surface area contributed by atoms with E-state index in [0.29, 0.717) is 46.3 Å². The van der Waals surface area contributed by atoms with Gasteiger partial charge < -0.3 is 4.74 Å².